The molecular weight excluding hydrogens is 657 g/mol. The monoisotopic (exact) mass is 686 g/mol. The third kappa shape index (κ3) is 4.83. The van der Waals surface area contributed by atoms with Crippen LogP contribution in [0.1, 0.15) is 11.1 Å². The summed E-state index contributed by atoms with van der Waals surface area (Å²) < 4.78 is 4.73. The van der Waals surface area contributed by atoms with Crippen LogP contribution in [-0.2, 0) is 0 Å². The molecule has 0 N–H and O–H groups in total. The summed E-state index contributed by atoms with van der Waals surface area (Å²) in [5.41, 5.74) is 14.0. The van der Waals surface area contributed by atoms with Crippen LogP contribution in [0.5, 0.6) is 0 Å². The lowest BCUT2D eigenvalue weighted by Gasteiger charge is -2.22. The minimum atomic E-state index is 0.577. The highest BCUT2D eigenvalue weighted by atomic mass is 15.0. The van der Waals surface area contributed by atoms with Crippen LogP contribution >= 0.6 is 0 Å². The zero-order valence-corrected chi connectivity index (χ0v) is 29.1. The van der Waals surface area contributed by atoms with E-state index in [0.29, 0.717) is 11.1 Å². The lowest BCUT2D eigenvalue weighted by Crippen LogP contribution is -2.04. The van der Waals surface area contributed by atoms with Gasteiger partial charge in [-0.05, 0) is 77.4 Å². The van der Waals surface area contributed by atoms with Gasteiger partial charge in [-0.25, -0.2) is 0 Å². The van der Waals surface area contributed by atoms with E-state index >= 15 is 0 Å². The van der Waals surface area contributed by atoms with E-state index < -0.39 is 0 Å². The predicted molar refractivity (Wildman–Crippen MR) is 221 cm³/mol. The van der Waals surface area contributed by atoms with Crippen molar-refractivity contribution in [2.75, 3.05) is 0 Å². The third-order valence-electron chi connectivity index (χ3n) is 10.6. The van der Waals surface area contributed by atoms with Crippen LogP contribution in [0, 0.1) is 22.7 Å². The van der Waals surface area contributed by atoms with Gasteiger partial charge in [0, 0.05) is 38.2 Å². The lowest BCUT2D eigenvalue weighted by atomic mass is 9.92. The number of benzene rings is 8. The smallest absolute Gasteiger partial charge is 0.0991 e. The zero-order chi connectivity index (χ0) is 36.2. The molecule has 10 aromatic rings. The number of hydrogen-bond acceptors (Lipinski definition) is 2. The number of aromatic nitrogens is 2. The average molecular weight is 687 g/mol. The summed E-state index contributed by atoms with van der Waals surface area (Å²) in [7, 11) is 0. The minimum absolute atomic E-state index is 0.577. The van der Waals surface area contributed by atoms with Crippen molar-refractivity contribution in [1.29, 1.82) is 10.5 Å². The Morgan fingerprint density at radius 1 is 0.333 bits per heavy atom. The Labute approximate surface area is 312 Å². The summed E-state index contributed by atoms with van der Waals surface area (Å²) >= 11 is 0. The molecule has 4 nitrogen and oxygen atoms in total. The number of hydrogen-bond donors (Lipinski definition) is 0. The molecule has 0 unspecified atom stereocenters. The average Bonchev–Trinajstić information content (AvgIpc) is 3.75. The topological polar surface area (TPSA) is 57.4 Å². The zero-order valence-electron chi connectivity index (χ0n) is 29.1. The van der Waals surface area contributed by atoms with Gasteiger partial charge in [0.1, 0.15) is 0 Å². The normalized spacial score (nSPS) is 11.3. The molecule has 0 atom stereocenters. The number of rotatable bonds is 5. The van der Waals surface area contributed by atoms with Crippen molar-refractivity contribution in [1.82, 2.24) is 9.13 Å². The molecular formula is C50H30N4. The highest BCUT2D eigenvalue weighted by Gasteiger charge is 2.23. The van der Waals surface area contributed by atoms with Crippen molar-refractivity contribution in [3.8, 4) is 56.9 Å². The third-order valence-corrected chi connectivity index (χ3v) is 10.6. The fourth-order valence-electron chi connectivity index (χ4n) is 8.19. The van der Waals surface area contributed by atoms with Crippen molar-refractivity contribution in [3.05, 3.63) is 193 Å². The fraction of sp³-hybridized carbons (Fsp3) is 0. The van der Waals surface area contributed by atoms with Crippen LogP contribution in [0.15, 0.2) is 182 Å². The van der Waals surface area contributed by atoms with Crippen LogP contribution in [0.3, 0.4) is 0 Å². The number of fused-ring (bicyclic) bond motifs is 6. The number of nitriles is 2. The van der Waals surface area contributed by atoms with Gasteiger partial charge in [-0.15, -0.1) is 0 Å². The molecule has 250 valence electrons. The molecule has 0 aliphatic carbocycles. The second kappa shape index (κ2) is 12.5. The summed E-state index contributed by atoms with van der Waals surface area (Å²) in [6.45, 7) is 0. The van der Waals surface area contributed by atoms with Crippen LogP contribution in [0.25, 0.3) is 88.4 Å². The summed E-state index contributed by atoms with van der Waals surface area (Å²) in [6.07, 6.45) is 0. The van der Waals surface area contributed by atoms with Crippen molar-refractivity contribution in [3.63, 3.8) is 0 Å². The summed E-state index contributed by atoms with van der Waals surface area (Å²) in [6, 6.07) is 68.2. The van der Waals surface area contributed by atoms with Gasteiger partial charge in [0.05, 0.1) is 56.7 Å². The molecule has 54 heavy (non-hydrogen) atoms. The van der Waals surface area contributed by atoms with Crippen molar-refractivity contribution < 1.29 is 0 Å². The van der Waals surface area contributed by atoms with Gasteiger partial charge in [0.2, 0.25) is 0 Å². The summed E-state index contributed by atoms with van der Waals surface area (Å²) in [5, 5.41) is 24.1. The maximum atomic E-state index is 9.91. The first-order valence-electron chi connectivity index (χ1n) is 18.0. The molecule has 8 aromatic carbocycles. The van der Waals surface area contributed by atoms with Gasteiger partial charge in [-0.3, -0.25) is 0 Å². The molecule has 0 aliphatic heterocycles. The van der Waals surface area contributed by atoms with Gasteiger partial charge < -0.3 is 9.13 Å². The largest absolute Gasteiger partial charge is 0.309 e. The first-order valence-corrected chi connectivity index (χ1v) is 18.0. The summed E-state index contributed by atoms with van der Waals surface area (Å²) in [4.78, 5) is 0. The number of nitrogens with zero attached hydrogens (tertiary/aromatic N) is 4. The van der Waals surface area contributed by atoms with E-state index in [0.717, 1.165) is 77.6 Å². The maximum Gasteiger partial charge on any atom is 0.0991 e. The molecule has 0 amide bonds. The molecule has 0 saturated carbocycles. The molecule has 0 bridgehead atoms. The minimum Gasteiger partial charge on any atom is -0.309 e. The van der Waals surface area contributed by atoms with E-state index in [2.05, 4.69) is 161 Å². The first-order chi connectivity index (χ1) is 26.7. The highest BCUT2D eigenvalue weighted by Crippen LogP contribution is 2.45. The molecule has 0 aliphatic rings. The Morgan fingerprint density at radius 3 is 1.44 bits per heavy atom. The van der Waals surface area contributed by atoms with Crippen LogP contribution in [-0.4, -0.2) is 9.13 Å². The highest BCUT2D eigenvalue weighted by molar-refractivity contribution is 6.12. The fourth-order valence-corrected chi connectivity index (χ4v) is 8.19. The second-order valence-corrected chi connectivity index (χ2v) is 13.6. The van der Waals surface area contributed by atoms with Gasteiger partial charge in [0.25, 0.3) is 0 Å². The summed E-state index contributed by atoms with van der Waals surface area (Å²) in [5.74, 6) is 0. The van der Waals surface area contributed by atoms with E-state index in [1.165, 1.54) is 10.8 Å². The van der Waals surface area contributed by atoms with Crippen molar-refractivity contribution in [2.24, 2.45) is 0 Å². The van der Waals surface area contributed by atoms with E-state index in [-0.39, 0.29) is 0 Å². The Hall–Kier alpha value is -7.66. The molecule has 4 heteroatoms. The van der Waals surface area contributed by atoms with E-state index in [1.807, 2.05) is 42.5 Å². The molecule has 2 aromatic heterocycles. The quantitative estimate of drug-likeness (QED) is 0.181. The molecule has 2 heterocycles. The molecule has 0 fully saturated rings. The van der Waals surface area contributed by atoms with Crippen LogP contribution in [0.4, 0.5) is 0 Å². The SMILES string of the molecule is N#Cc1ccc2c(c1)c1cc(C#N)ccc1n2-c1ccc(-c2ccccc2)cc1-c1cccc(-c2ccccc2)c1-n1c2ccccc2c2ccccc21. The van der Waals surface area contributed by atoms with Gasteiger partial charge in [-0.1, -0.05) is 121 Å². The molecule has 0 radical (unpaired) electrons. The standard InChI is InChI=1S/C50H30N4/c51-31-33-22-25-47-42(28-33)43-29-34(32-52)23-26-48(43)53(47)49-27-24-37(35-12-3-1-4-13-35)30-44(49)41-19-11-18-38(36-14-5-2-6-15-36)50(41)54-45-20-9-7-16-39(45)40-17-8-10-21-46(40)54/h1-30H. The second-order valence-electron chi connectivity index (χ2n) is 13.6. The van der Waals surface area contributed by atoms with E-state index in [9.17, 15) is 10.5 Å². The van der Waals surface area contributed by atoms with Crippen molar-refractivity contribution in [2.45, 2.75) is 0 Å². The van der Waals surface area contributed by atoms with E-state index in [1.54, 1.807) is 0 Å². The van der Waals surface area contributed by atoms with Crippen LogP contribution in [0.2, 0.25) is 0 Å². The molecule has 10 rings (SSSR count). The Bertz CT molecular complexity index is 3050. The van der Waals surface area contributed by atoms with Crippen molar-refractivity contribution >= 4 is 43.6 Å². The molecule has 0 spiro atoms. The Kier molecular flexibility index (Phi) is 7.22. The Morgan fingerprint density at radius 2 is 0.852 bits per heavy atom. The predicted octanol–water partition coefficient (Wildman–Crippen LogP) is 12.6. The maximum absolute atomic E-state index is 9.91. The van der Waals surface area contributed by atoms with Gasteiger partial charge in [-0.2, -0.15) is 10.5 Å². The van der Waals surface area contributed by atoms with Gasteiger partial charge in [0.15, 0.2) is 0 Å². The lowest BCUT2D eigenvalue weighted by molar-refractivity contribution is 1.16. The first kappa shape index (κ1) is 31.1. The van der Waals surface area contributed by atoms with E-state index in [4.69, 9.17) is 0 Å². The van der Waals surface area contributed by atoms with Crippen LogP contribution < -0.4 is 0 Å². The Balaban J connectivity index is 1.38. The molecule has 0 saturated heterocycles. The number of para-hydroxylation sites is 3. The van der Waals surface area contributed by atoms with Gasteiger partial charge >= 0.3 is 0 Å².